The zero-order valence-electron chi connectivity index (χ0n) is 61.3. The summed E-state index contributed by atoms with van der Waals surface area (Å²) in [7, 11) is 0. The van der Waals surface area contributed by atoms with Gasteiger partial charge in [-0.25, -0.2) is 0 Å². The molecular weight excluding hydrogens is 866 g/mol. The summed E-state index contributed by atoms with van der Waals surface area (Å²) in [6, 6.07) is -4.97. The molecule has 5 heteroatoms. The highest BCUT2D eigenvalue weighted by Gasteiger charge is 2.55. The molecule has 2 bridgehead atoms. The fourth-order valence-corrected chi connectivity index (χ4v) is 13.8. The van der Waals surface area contributed by atoms with Crippen molar-refractivity contribution in [1.29, 1.82) is 0 Å². The van der Waals surface area contributed by atoms with Crippen molar-refractivity contribution in [3.05, 3.63) is 165 Å². The van der Waals surface area contributed by atoms with Crippen molar-refractivity contribution in [3.8, 4) is 16.9 Å². The lowest BCUT2D eigenvalue weighted by Crippen LogP contribution is -2.61. The van der Waals surface area contributed by atoms with E-state index in [-0.39, 0.29) is 132 Å². The van der Waals surface area contributed by atoms with Crippen LogP contribution in [0.2, 0.25) is 0 Å². The number of rotatable bonds is 3. The number of para-hydroxylation sites is 1. The molecule has 6 aromatic carbocycles. The standard InChI is InChI=1S/C65H68BN3S/c1-60(2,3)39-22-27-42(28-23-39)67-50-31-26-41(62(7,8)9)36-48(50)66-55-51(67)37-44(69-49-21-17-15-19-46(49)53-56(69)45-18-14-16-20-47(45)63(53,10)11)38-52(55)68(43-29-24-40(25-30-43)61(4,5)6)57-54-58(70-59(57)66)65(13)34-32-64(54,12)33-35-65/h14-31,36-38H,32-35H2,1-13H3/i14D,15D,16D,17D,18D,19D,20D,21D,22D,24D,25D,26D,27D,28D,29D,30D,31D,36D,37D. The van der Waals surface area contributed by atoms with E-state index >= 15 is 0 Å². The van der Waals surface area contributed by atoms with Gasteiger partial charge in [0.25, 0.3) is 6.71 Å². The molecule has 6 aliphatic rings. The summed E-state index contributed by atoms with van der Waals surface area (Å²) < 4.78 is 190. The second-order valence-electron chi connectivity index (χ2n) is 24.5. The summed E-state index contributed by atoms with van der Waals surface area (Å²) in [6.45, 7) is 23.3. The van der Waals surface area contributed by atoms with Crippen LogP contribution in [0.5, 0.6) is 0 Å². The molecule has 4 aliphatic carbocycles. The van der Waals surface area contributed by atoms with Crippen molar-refractivity contribution in [2.24, 2.45) is 0 Å². The summed E-state index contributed by atoms with van der Waals surface area (Å²) in [6.07, 6.45) is 3.11. The molecule has 0 N–H and O–H groups in total. The first kappa shape index (κ1) is 28.3. The molecule has 1 saturated carbocycles. The summed E-state index contributed by atoms with van der Waals surface area (Å²) in [5.74, 6) is 0. The van der Waals surface area contributed by atoms with E-state index in [1.807, 2.05) is 62.3 Å². The van der Waals surface area contributed by atoms with Crippen LogP contribution in [0.15, 0.2) is 127 Å². The number of nitrogens with zero attached hydrogens (tertiary/aromatic N) is 3. The lowest BCUT2D eigenvalue weighted by atomic mass is 9.35. The molecule has 8 aromatic rings. The van der Waals surface area contributed by atoms with Gasteiger partial charge in [-0.3, -0.25) is 0 Å². The van der Waals surface area contributed by atoms with Gasteiger partial charge in [-0.2, -0.15) is 11.3 Å². The molecular formula is C65H68BN3S. The number of benzene rings is 6. The van der Waals surface area contributed by atoms with Crippen LogP contribution in [0.3, 0.4) is 0 Å². The third-order valence-electron chi connectivity index (χ3n) is 16.2. The maximum absolute atomic E-state index is 11.3. The Bertz CT molecular complexity index is 4620. The fourth-order valence-electron chi connectivity index (χ4n) is 12.1. The molecule has 14 rings (SSSR count). The highest BCUT2D eigenvalue weighted by Crippen LogP contribution is 2.63. The average Bonchev–Trinajstić information content (AvgIpc) is 1.64. The Morgan fingerprint density at radius 2 is 1.19 bits per heavy atom. The van der Waals surface area contributed by atoms with Gasteiger partial charge in [-0.15, -0.1) is 0 Å². The minimum atomic E-state index is -1.41. The smallest absolute Gasteiger partial charge is 0.264 e. The molecule has 4 heterocycles. The molecule has 0 saturated heterocycles. The third-order valence-corrected chi connectivity index (χ3v) is 17.7. The molecule has 352 valence electrons. The summed E-state index contributed by atoms with van der Waals surface area (Å²) >= 11 is 1.50. The van der Waals surface area contributed by atoms with Crippen LogP contribution in [0.1, 0.15) is 180 Å². The highest BCUT2D eigenvalue weighted by atomic mass is 32.1. The molecule has 0 unspecified atom stereocenters. The van der Waals surface area contributed by atoms with Gasteiger partial charge in [-0.05, 0) is 140 Å². The van der Waals surface area contributed by atoms with Crippen molar-refractivity contribution in [1.82, 2.24) is 4.57 Å². The van der Waals surface area contributed by atoms with Gasteiger partial charge in [0.2, 0.25) is 0 Å². The van der Waals surface area contributed by atoms with Gasteiger partial charge in [0, 0.05) is 59.9 Å². The van der Waals surface area contributed by atoms with E-state index < -0.39 is 112 Å². The molecule has 0 atom stereocenters. The quantitative estimate of drug-likeness (QED) is 0.164. The average molecular weight is 953 g/mol. The zero-order chi connectivity index (χ0) is 65.4. The summed E-state index contributed by atoms with van der Waals surface area (Å²) in [5, 5.41) is -0.0325. The lowest BCUT2D eigenvalue weighted by molar-refractivity contribution is 0.193. The number of hydrogen-bond donors (Lipinski definition) is 0. The number of hydrogen-bond acceptors (Lipinski definition) is 3. The monoisotopic (exact) mass is 953 g/mol. The van der Waals surface area contributed by atoms with E-state index in [1.54, 1.807) is 24.8 Å². The van der Waals surface area contributed by atoms with Crippen LogP contribution < -0.4 is 25.5 Å². The van der Waals surface area contributed by atoms with Crippen LogP contribution in [-0.4, -0.2) is 11.3 Å². The maximum atomic E-state index is 11.3. The first-order valence-corrected chi connectivity index (χ1v) is 25.4. The van der Waals surface area contributed by atoms with E-state index in [1.165, 1.54) is 26.9 Å². The number of fused-ring (bicyclic) bond motifs is 11. The molecule has 3 nitrogen and oxygen atoms in total. The van der Waals surface area contributed by atoms with Gasteiger partial charge >= 0.3 is 0 Å². The number of thiophene rings is 1. The van der Waals surface area contributed by atoms with E-state index in [0.717, 1.165) is 36.1 Å². The largest absolute Gasteiger partial charge is 0.311 e. The third kappa shape index (κ3) is 6.00. The number of aromatic nitrogens is 1. The predicted octanol–water partition coefficient (Wildman–Crippen LogP) is 16.1. The molecule has 2 aliphatic heterocycles. The lowest BCUT2D eigenvalue weighted by Gasteiger charge is -2.51. The van der Waals surface area contributed by atoms with Gasteiger partial charge in [-0.1, -0.05) is 169 Å². The second kappa shape index (κ2) is 14.2. The topological polar surface area (TPSA) is 11.4 Å². The Morgan fingerprint density at radius 1 is 0.571 bits per heavy atom. The Hall–Kier alpha value is -5.78. The molecule has 0 spiro atoms. The van der Waals surface area contributed by atoms with Gasteiger partial charge in [0.1, 0.15) is 0 Å². The van der Waals surface area contributed by atoms with Crippen molar-refractivity contribution in [2.45, 2.75) is 148 Å². The zero-order valence-corrected chi connectivity index (χ0v) is 43.1. The molecule has 1 fully saturated rings. The van der Waals surface area contributed by atoms with E-state index in [2.05, 4.69) is 13.8 Å². The SMILES string of the molecule is [2H]c1cc(C(C)(C)C)c([2H])c([2H])c1N1c2c([2H])c(-n3c4c(c5c([2H])c([2H])c([2H])c([2H])c53)C(C)(C)c3c([2H])c([2H])c([2H])c([2H])c3-4)cc3c2B(c2sc4c(c2N3c2c([2H])c([2H])c(C(C)(C)C)c([2H])c2[2H])C2(C)CCC4(C)CC2)c2c([2H])c(C(C)(C)C)c([2H])c([2H])c21. The van der Waals surface area contributed by atoms with Crippen molar-refractivity contribution < 1.29 is 26.0 Å². The maximum Gasteiger partial charge on any atom is 0.264 e. The van der Waals surface area contributed by atoms with Gasteiger partial charge in [0.05, 0.1) is 48.6 Å². The minimum Gasteiger partial charge on any atom is -0.311 e. The Kier molecular flexibility index (Phi) is 5.75. The number of anilines is 6. The first-order valence-electron chi connectivity index (χ1n) is 34.1. The Balaban J connectivity index is 1.35. The van der Waals surface area contributed by atoms with E-state index in [4.69, 9.17) is 4.11 Å². The Labute approximate surface area is 448 Å². The van der Waals surface area contributed by atoms with E-state index in [0.29, 0.717) is 16.0 Å². The van der Waals surface area contributed by atoms with Gasteiger partial charge < -0.3 is 14.4 Å². The van der Waals surface area contributed by atoms with Crippen LogP contribution in [0.25, 0.3) is 27.8 Å². The normalized spacial score (nSPS) is 24.4. The second-order valence-corrected chi connectivity index (χ2v) is 25.5. The Morgan fingerprint density at radius 3 is 1.89 bits per heavy atom. The van der Waals surface area contributed by atoms with Crippen LogP contribution in [0, 0.1) is 0 Å². The highest BCUT2D eigenvalue weighted by molar-refractivity contribution is 7.29. The molecule has 0 radical (unpaired) electrons. The predicted molar refractivity (Wildman–Crippen MR) is 302 cm³/mol. The van der Waals surface area contributed by atoms with Crippen molar-refractivity contribution in [3.63, 3.8) is 0 Å². The van der Waals surface area contributed by atoms with Crippen LogP contribution in [-0.2, 0) is 32.5 Å². The van der Waals surface area contributed by atoms with Crippen molar-refractivity contribution in [2.75, 3.05) is 9.80 Å². The molecule has 2 aromatic heterocycles. The minimum absolute atomic E-state index is 0.0228. The van der Waals surface area contributed by atoms with Gasteiger partial charge in [0.15, 0.2) is 0 Å². The van der Waals surface area contributed by atoms with Crippen molar-refractivity contribution >= 4 is 78.8 Å². The van der Waals surface area contributed by atoms with Crippen LogP contribution in [0.4, 0.5) is 34.1 Å². The fraction of sp³-hybridized carbons (Fsp3) is 0.354. The summed E-state index contributed by atoms with van der Waals surface area (Å²) in [5.41, 5.74) is -2.94. The first-order chi connectivity index (χ1) is 41.0. The molecule has 0 amide bonds. The molecule has 70 heavy (non-hydrogen) atoms. The van der Waals surface area contributed by atoms with Crippen LogP contribution >= 0.6 is 11.3 Å². The van der Waals surface area contributed by atoms with E-state index in [9.17, 15) is 21.9 Å². The summed E-state index contributed by atoms with van der Waals surface area (Å²) in [4.78, 5) is 4.11.